The van der Waals surface area contributed by atoms with Crippen LogP contribution >= 0.6 is 0 Å². The molecule has 1 aliphatic rings. The topological polar surface area (TPSA) is 150 Å². The molecule has 0 bridgehead atoms. The maximum atomic E-state index is 13.2. The van der Waals surface area contributed by atoms with E-state index in [0.29, 0.717) is 18.8 Å². The first-order valence-corrected chi connectivity index (χ1v) is 12.0. The van der Waals surface area contributed by atoms with Crippen molar-refractivity contribution in [1.29, 1.82) is 0 Å². The highest BCUT2D eigenvalue weighted by molar-refractivity contribution is 5.95. The number of amides is 1. The summed E-state index contributed by atoms with van der Waals surface area (Å²) in [5.74, 6) is 0.332. The van der Waals surface area contributed by atoms with Gasteiger partial charge < -0.3 is 10.5 Å². The zero-order valence-corrected chi connectivity index (χ0v) is 20.2. The molecule has 190 valence electrons. The summed E-state index contributed by atoms with van der Waals surface area (Å²) in [5, 5.41) is 19.8. The molecule has 3 N–H and O–H groups in total. The molecule has 4 aromatic rings. The molecule has 1 fully saturated rings. The second kappa shape index (κ2) is 11.4. The predicted octanol–water partition coefficient (Wildman–Crippen LogP) is 2.56. The highest BCUT2D eigenvalue weighted by Crippen LogP contribution is 2.19. The van der Waals surface area contributed by atoms with Crippen molar-refractivity contribution in [2.24, 2.45) is 5.10 Å². The van der Waals surface area contributed by atoms with Gasteiger partial charge in [0, 0.05) is 6.54 Å². The summed E-state index contributed by atoms with van der Waals surface area (Å²) in [6.45, 7) is 2.83. The molecule has 37 heavy (non-hydrogen) atoms. The number of carbonyl (C=O) groups is 1. The number of nitrogen functional groups attached to an aromatic ring is 1. The van der Waals surface area contributed by atoms with E-state index in [1.807, 2.05) is 54.6 Å². The molecular weight excluding hydrogens is 474 g/mol. The number of likely N-dealkylation sites (tertiary alicyclic amines) is 1. The summed E-state index contributed by atoms with van der Waals surface area (Å²) < 4.78 is 11.7. The van der Waals surface area contributed by atoms with Crippen LogP contribution in [0.15, 0.2) is 64.3 Å². The fraction of sp³-hybridized carbons (Fsp3) is 0.280. The minimum Gasteiger partial charge on any atom is -0.489 e. The van der Waals surface area contributed by atoms with Gasteiger partial charge in [-0.25, -0.2) is 10.1 Å². The highest BCUT2D eigenvalue weighted by atomic mass is 16.6. The molecule has 1 amide bonds. The monoisotopic (exact) mass is 501 g/mol. The molecule has 2 aromatic heterocycles. The lowest BCUT2D eigenvalue weighted by molar-refractivity contribution is 0.0944. The lowest BCUT2D eigenvalue weighted by Crippen LogP contribution is -2.31. The third kappa shape index (κ3) is 5.98. The predicted molar refractivity (Wildman–Crippen MR) is 135 cm³/mol. The number of nitrogens with two attached hydrogens (primary N) is 1. The Bertz CT molecular complexity index is 1340. The van der Waals surface area contributed by atoms with E-state index in [1.54, 1.807) is 6.21 Å². The number of anilines is 1. The van der Waals surface area contributed by atoms with Gasteiger partial charge in [0.2, 0.25) is 11.6 Å². The summed E-state index contributed by atoms with van der Waals surface area (Å²) in [6.07, 6.45) is 4.96. The molecule has 12 nitrogen and oxygen atoms in total. The summed E-state index contributed by atoms with van der Waals surface area (Å²) in [6, 6.07) is 17.3. The van der Waals surface area contributed by atoms with Crippen LogP contribution in [0.2, 0.25) is 0 Å². The quantitative estimate of drug-likeness (QED) is 0.260. The maximum Gasteiger partial charge on any atom is 0.292 e. The van der Waals surface area contributed by atoms with Gasteiger partial charge in [-0.05, 0) is 71.6 Å². The van der Waals surface area contributed by atoms with Gasteiger partial charge in [0.15, 0.2) is 5.69 Å². The van der Waals surface area contributed by atoms with E-state index in [-0.39, 0.29) is 17.3 Å². The Morgan fingerprint density at radius 3 is 2.59 bits per heavy atom. The van der Waals surface area contributed by atoms with Gasteiger partial charge in [0.05, 0.1) is 6.21 Å². The van der Waals surface area contributed by atoms with Crippen LogP contribution in [0.1, 0.15) is 46.6 Å². The third-order valence-corrected chi connectivity index (χ3v) is 5.98. The average molecular weight is 502 g/mol. The number of hydrazone groups is 1. The minimum absolute atomic E-state index is 0.00143. The van der Waals surface area contributed by atoms with E-state index in [0.717, 1.165) is 42.8 Å². The third-order valence-electron chi connectivity index (χ3n) is 5.98. The van der Waals surface area contributed by atoms with E-state index in [9.17, 15) is 4.79 Å². The lowest BCUT2D eigenvalue weighted by atomic mass is 10.1. The number of hydrogen-bond donors (Lipinski definition) is 2. The van der Waals surface area contributed by atoms with Crippen LogP contribution in [-0.2, 0) is 13.2 Å². The van der Waals surface area contributed by atoms with Crippen molar-refractivity contribution in [3.63, 3.8) is 0 Å². The molecule has 0 spiro atoms. The Morgan fingerprint density at radius 2 is 1.86 bits per heavy atom. The number of carbonyl (C=O) groups excluding carboxylic acids is 1. The van der Waals surface area contributed by atoms with Crippen LogP contribution in [0.3, 0.4) is 0 Å². The van der Waals surface area contributed by atoms with E-state index in [1.165, 1.54) is 11.1 Å². The minimum atomic E-state index is -0.501. The summed E-state index contributed by atoms with van der Waals surface area (Å²) in [5.41, 5.74) is 10.9. The van der Waals surface area contributed by atoms with Gasteiger partial charge >= 0.3 is 0 Å². The van der Waals surface area contributed by atoms with E-state index >= 15 is 0 Å². The normalized spacial score (nSPS) is 14.2. The van der Waals surface area contributed by atoms with Crippen molar-refractivity contribution in [2.45, 2.75) is 32.4 Å². The van der Waals surface area contributed by atoms with Crippen molar-refractivity contribution in [3.8, 4) is 11.6 Å². The Morgan fingerprint density at radius 1 is 1.08 bits per heavy atom. The largest absolute Gasteiger partial charge is 0.489 e. The zero-order valence-electron chi connectivity index (χ0n) is 20.2. The molecule has 12 heteroatoms. The van der Waals surface area contributed by atoms with Crippen LogP contribution < -0.4 is 15.9 Å². The van der Waals surface area contributed by atoms with E-state index in [2.05, 4.69) is 40.7 Å². The van der Waals surface area contributed by atoms with Gasteiger partial charge in [-0.15, -0.1) is 5.10 Å². The number of hydrogen-bond acceptors (Lipinski definition) is 10. The smallest absolute Gasteiger partial charge is 0.292 e. The number of nitrogens with zero attached hydrogens (tertiary/aromatic N) is 7. The Labute approximate surface area is 213 Å². The van der Waals surface area contributed by atoms with Crippen LogP contribution in [0.5, 0.6) is 5.75 Å². The number of nitrogens with one attached hydrogen (secondary N) is 1. The second-order valence-electron chi connectivity index (χ2n) is 8.65. The molecule has 2 aromatic carbocycles. The fourth-order valence-corrected chi connectivity index (χ4v) is 4.07. The van der Waals surface area contributed by atoms with E-state index in [4.69, 9.17) is 10.5 Å². The summed E-state index contributed by atoms with van der Waals surface area (Å²) in [4.78, 5) is 15.4. The van der Waals surface area contributed by atoms with Gasteiger partial charge in [0.25, 0.3) is 5.91 Å². The average Bonchev–Trinajstić information content (AvgIpc) is 3.55. The van der Waals surface area contributed by atoms with Crippen molar-refractivity contribution in [2.75, 3.05) is 18.8 Å². The summed E-state index contributed by atoms with van der Waals surface area (Å²) >= 11 is 0. The van der Waals surface area contributed by atoms with E-state index < -0.39 is 5.91 Å². The van der Waals surface area contributed by atoms with Gasteiger partial charge in [-0.3, -0.25) is 9.69 Å². The molecule has 0 atom stereocenters. The molecule has 0 saturated carbocycles. The van der Waals surface area contributed by atoms with Crippen LogP contribution in [0.4, 0.5) is 5.82 Å². The molecular formula is C25H27N9O3. The first-order valence-electron chi connectivity index (χ1n) is 12.0. The van der Waals surface area contributed by atoms with Crippen molar-refractivity contribution in [1.82, 2.24) is 35.6 Å². The molecule has 0 radical (unpaired) electrons. The summed E-state index contributed by atoms with van der Waals surface area (Å²) in [7, 11) is 0. The maximum absolute atomic E-state index is 13.2. The van der Waals surface area contributed by atoms with Crippen LogP contribution in [-0.4, -0.2) is 55.4 Å². The molecule has 1 aliphatic heterocycles. The van der Waals surface area contributed by atoms with Gasteiger partial charge in [-0.1, -0.05) is 42.0 Å². The number of benzene rings is 2. The van der Waals surface area contributed by atoms with Gasteiger partial charge in [-0.2, -0.15) is 9.78 Å². The number of piperidine rings is 1. The Hall–Kier alpha value is -4.58. The van der Waals surface area contributed by atoms with Crippen LogP contribution in [0.25, 0.3) is 5.82 Å². The van der Waals surface area contributed by atoms with Crippen molar-refractivity contribution < 1.29 is 14.2 Å². The number of rotatable bonds is 9. The highest BCUT2D eigenvalue weighted by Gasteiger charge is 2.26. The van der Waals surface area contributed by atoms with Crippen LogP contribution in [0, 0.1) is 0 Å². The first-order chi connectivity index (χ1) is 18.2. The fourth-order valence-electron chi connectivity index (χ4n) is 4.07. The van der Waals surface area contributed by atoms with Crippen molar-refractivity contribution in [3.05, 3.63) is 77.1 Å². The number of aromatic nitrogens is 5. The standard InChI is InChI=1S/C25H27N9O3/c26-23-24(31-37-30-23)34-22(21(28-32-34)16-33-13-5-2-6-14-33)25(35)29-27-15-18-9-11-20(12-10-18)36-17-19-7-3-1-4-8-19/h1,3-4,7-12,15H,2,5-6,13-14,16-17H2,(H2,26,30)(H,29,35). The molecule has 0 aliphatic carbocycles. The molecule has 1 saturated heterocycles. The lowest BCUT2D eigenvalue weighted by Gasteiger charge is -2.25. The Kier molecular flexibility index (Phi) is 7.46. The first kappa shape index (κ1) is 24.1. The molecule has 3 heterocycles. The SMILES string of the molecule is Nc1nonc1-n1nnc(CN2CCCCC2)c1C(=O)NN=Cc1ccc(OCc2ccccc2)cc1. The molecule has 0 unspecified atom stereocenters. The molecule has 5 rings (SSSR count). The second-order valence-corrected chi connectivity index (χ2v) is 8.65. The Balaban J connectivity index is 1.26. The van der Waals surface area contributed by atoms with Crippen molar-refractivity contribution >= 4 is 17.9 Å². The zero-order chi connectivity index (χ0) is 25.5. The number of ether oxygens (including phenoxy) is 1. The van der Waals surface area contributed by atoms with Gasteiger partial charge in [0.1, 0.15) is 18.1 Å².